The van der Waals surface area contributed by atoms with Gasteiger partial charge in [-0.2, -0.15) is 8.78 Å². The average Bonchev–Trinajstić information content (AvgIpc) is 2.61. The SMILES string of the molecule is COc1ccc(OC(F)F)c(CNC(=O)CC(C)C2CCCNC2)c1.Cl. The van der Waals surface area contributed by atoms with E-state index in [9.17, 15) is 13.6 Å². The molecule has 0 saturated carbocycles. The molecule has 2 unspecified atom stereocenters. The van der Waals surface area contributed by atoms with Gasteiger partial charge in [-0.25, -0.2) is 0 Å². The summed E-state index contributed by atoms with van der Waals surface area (Å²) >= 11 is 0. The molecule has 0 aromatic heterocycles. The van der Waals surface area contributed by atoms with E-state index >= 15 is 0 Å². The Morgan fingerprint density at radius 2 is 2.19 bits per heavy atom. The molecule has 1 aromatic carbocycles. The number of halogens is 3. The monoisotopic (exact) mass is 392 g/mol. The second-order valence-corrected chi connectivity index (χ2v) is 6.42. The molecule has 1 aliphatic rings. The van der Waals surface area contributed by atoms with E-state index in [0.29, 0.717) is 23.7 Å². The summed E-state index contributed by atoms with van der Waals surface area (Å²) in [5.41, 5.74) is 0.458. The van der Waals surface area contributed by atoms with Crippen molar-refractivity contribution in [3.8, 4) is 11.5 Å². The number of benzene rings is 1. The van der Waals surface area contributed by atoms with Gasteiger partial charge in [0.15, 0.2) is 0 Å². The number of hydrogen-bond acceptors (Lipinski definition) is 4. The van der Waals surface area contributed by atoms with E-state index in [0.717, 1.165) is 25.9 Å². The molecule has 1 saturated heterocycles. The maximum Gasteiger partial charge on any atom is 0.387 e. The fourth-order valence-corrected chi connectivity index (χ4v) is 3.12. The number of amides is 1. The first-order valence-electron chi connectivity index (χ1n) is 8.58. The lowest BCUT2D eigenvalue weighted by Gasteiger charge is -2.28. The van der Waals surface area contributed by atoms with Crippen molar-refractivity contribution in [3.05, 3.63) is 23.8 Å². The summed E-state index contributed by atoms with van der Waals surface area (Å²) in [4.78, 5) is 12.2. The molecule has 5 nitrogen and oxygen atoms in total. The molecule has 0 bridgehead atoms. The summed E-state index contributed by atoms with van der Waals surface area (Å²) in [5.74, 6) is 1.24. The number of hydrogen-bond donors (Lipinski definition) is 2. The highest BCUT2D eigenvalue weighted by Crippen LogP contribution is 2.26. The quantitative estimate of drug-likeness (QED) is 0.712. The van der Waals surface area contributed by atoms with Crippen LogP contribution in [0.1, 0.15) is 31.7 Å². The van der Waals surface area contributed by atoms with Crippen LogP contribution in [-0.4, -0.2) is 32.7 Å². The molecule has 0 aliphatic carbocycles. The summed E-state index contributed by atoms with van der Waals surface area (Å²) in [6, 6.07) is 4.55. The van der Waals surface area contributed by atoms with Crippen LogP contribution in [0.5, 0.6) is 11.5 Å². The smallest absolute Gasteiger partial charge is 0.387 e. The molecule has 1 fully saturated rings. The standard InChI is InChI=1S/C18H26F2N2O3.ClH/c1-12(13-4-3-7-21-10-13)8-17(23)22-11-14-9-15(24-2)5-6-16(14)25-18(19)20;/h5-6,9,12-13,18,21H,3-4,7-8,10-11H2,1-2H3,(H,22,23);1H. The Kier molecular flexibility index (Phi) is 9.65. The lowest BCUT2D eigenvalue weighted by molar-refractivity contribution is -0.122. The van der Waals surface area contributed by atoms with E-state index in [1.807, 2.05) is 0 Å². The van der Waals surface area contributed by atoms with Crippen LogP contribution in [0, 0.1) is 11.8 Å². The Morgan fingerprint density at radius 1 is 1.42 bits per heavy atom. The molecule has 2 atom stereocenters. The minimum atomic E-state index is -2.92. The maximum atomic E-state index is 12.5. The molecule has 0 radical (unpaired) electrons. The van der Waals surface area contributed by atoms with Gasteiger partial charge >= 0.3 is 6.61 Å². The molecule has 0 spiro atoms. The van der Waals surface area contributed by atoms with Crippen molar-refractivity contribution in [2.75, 3.05) is 20.2 Å². The van der Waals surface area contributed by atoms with Crippen LogP contribution in [0.4, 0.5) is 8.78 Å². The van der Waals surface area contributed by atoms with Crippen molar-refractivity contribution in [3.63, 3.8) is 0 Å². The Morgan fingerprint density at radius 3 is 2.81 bits per heavy atom. The number of methoxy groups -OCH3 is 1. The zero-order valence-corrected chi connectivity index (χ0v) is 15.9. The van der Waals surface area contributed by atoms with Crippen LogP contribution in [0.15, 0.2) is 18.2 Å². The van der Waals surface area contributed by atoms with E-state index in [4.69, 9.17) is 4.74 Å². The maximum absolute atomic E-state index is 12.5. The van der Waals surface area contributed by atoms with Crippen LogP contribution in [-0.2, 0) is 11.3 Å². The fourth-order valence-electron chi connectivity index (χ4n) is 3.12. The summed E-state index contributed by atoms with van der Waals surface area (Å²) in [6.07, 6.45) is 2.68. The van der Waals surface area contributed by atoms with Crippen LogP contribution < -0.4 is 20.1 Å². The molecule has 1 aliphatic heterocycles. The largest absolute Gasteiger partial charge is 0.497 e. The third-order valence-electron chi connectivity index (χ3n) is 4.61. The first-order valence-corrected chi connectivity index (χ1v) is 8.58. The predicted molar refractivity (Wildman–Crippen MR) is 98.1 cm³/mol. The van der Waals surface area contributed by atoms with E-state index in [2.05, 4.69) is 22.3 Å². The zero-order valence-electron chi connectivity index (χ0n) is 15.1. The number of rotatable bonds is 8. The Balaban J connectivity index is 0.00000338. The van der Waals surface area contributed by atoms with Gasteiger partial charge in [0.05, 0.1) is 7.11 Å². The topological polar surface area (TPSA) is 59.6 Å². The number of carbonyl (C=O) groups is 1. The summed E-state index contributed by atoms with van der Waals surface area (Å²) in [7, 11) is 1.49. The van der Waals surface area contributed by atoms with Crippen molar-refractivity contribution < 1.29 is 23.0 Å². The third kappa shape index (κ3) is 6.96. The molecule has 2 N–H and O–H groups in total. The highest BCUT2D eigenvalue weighted by atomic mass is 35.5. The molecular weight excluding hydrogens is 366 g/mol. The summed E-state index contributed by atoms with van der Waals surface area (Å²) < 4.78 is 34.6. The van der Waals surface area contributed by atoms with Gasteiger partial charge in [-0.15, -0.1) is 12.4 Å². The van der Waals surface area contributed by atoms with Crippen LogP contribution >= 0.6 is 12.4 Å². The lowest BCUT2D eigenvalue weighted by atomic mass is 9.85. The molecule has 1 heterocycles. The van der Waals surface area contributed by atoms with Crippen molar-refractivity contribution in [2.24, 2.45) is 11.8 Å². The van der Waals surface area contributed by atoms with E-state index in [1.54, 1.807) is 12.1 Å². The summed E-state index contributed by atoms with van der Waals surface area (Å²) in [6.45, 7) is 1.26. The van der Waals surface area contributed by atoms with Crippen LogP contribution in [0.2, 0.25) is 0 Å². The van der Waals surface area contributed by atoms with Crippen molar-refractivity contribution in [1.29, 1.82) is 0 Å². The Bertz CT molecular complexity index is 569. The molecule has 148 valence electrons. The number of piperidine rings is 1. The third-order valence-corrected chi connectivity index (χ3v) is 4.61. The van der Waals surface area contributed by atoms with Gasteiger partial charge in [0.1, 0.15) is 11.5 Å². The molecule has 1 amide bonds. The molecular formula is C18H27ClF2N2O3. The van der Waals surface area contributed by atoms with Gasteiger partial charge in [0.2, 0.25) is 5.91 Å². The number of alkyl halides is 2. The van der Waals surface area contributed by atoms with Gasteiger partial charge in [0, 0.05) is 18.5 Å². The highest BCUT2D eigenvalue weighted by Gasteiger charge is 2.22. The van der Waals surface area contributed by atoms with Gasteiger partial charge in [-0.3, -0.25) is 4.79 Å². The first-order chi connectivity index (χ1) is 12.0. The molecule has 2 rings (SSSR count). The lowest BCUT2D eigenvalue weighted by Crippen LogP contribution is -2.35. The van der Waals surface area contributed by atoms with Gasteiger partial charge in [-0.05, 0) is 56.0 Å². The molecule has 26 heavy (non-hydrogen) atoms. The van der Waals surface area contributed by atoms with Crippen molar-refractivity contribution >= 4 is 18.3 Å². The van der Waals surface area contributed by atoms with Crippen molar-refractivity contribution in [1.82, 2.24) is 10.6 Å². The van der Waals surface area contributed by atoms with E-state index in [-0.39, 0.29) is 36.5 Å². The Hall–Kier alpha value is -1.60. The summed E-state index contributed by atoms with van der Waals surface area (Å²) in [5, 5.41) is 6.15. The van der Waals surface area contributed by atoms with Gasteiger partial charge in [-0.1, -0.05) is 6.92 Å². The number of nitrogens with one attached hydrogen (secondary N) is 2. The zero-order chi connectivity index (χ0) is 18.2. The van der Waals surface area contributed by atoms with Crippen LogP contribution in [0.25, 0.3) is 0 Å². The number of ether oxygens (including phenoxy) is 2. The minimum absolute atomic E-state index is 0. The van der Waals surface area contributed by atoms with E-state index < -0.39 is 6.61 Å². The Labute approximate surface area is 159 Å². The number of carbonyl (C=O) groups excluding carboxylic acids is 1. The first kappa shape index (κ1) is 22.4. The highest BCUT2D eigenvalue weighted by molar-refractivity contribution is 5.85. The van der Waals surface area contributed by atoms with Crippen LogP contribution in [0.3, 0.4) is 0 Å². The predicted octanol–water partition coefficient (Wildman–Crippen LogP) is 3.36. The second kappa shape index (κ2) is 11.2. The normalized spacial score (nSPS) is 18.0. The van der Waals surface area contributed by atoms with E-state index in [1.165, 1.54) is 13.2 Å². The molecule has 1 aromatic rings. The second-order valence-electron chi connectivity index (χ2n) is 6.42. The average molecular weight is 393 g/mol. The fraction of sp³-hybridized carbons (Fsp3) is 0.611. The minimum Gasteiger partial charge on any atom is -0.497 e. The van der Waals surface area contributed by atoms with Gasteiger partial charge < -0.3 is 20.1 Å². The van der Waals surface area contributed by atoms with Crippen molar-refractivity contribution in [2.45, 2.75) is 39.3 Å². The van der Waals surface area contributed by atoms with Gasteiger partial charge in [0.25, 0.3) is 0 Å². The molecule has 8 heteroatoms.